The van der Waals surface area contributed by atoms with E-state index in [0.717, 1.165) is 55.5 Å². The molecular formula is C27H54O2. The van der Waals surface area contributed by atoms with Crippen molar-refractivity contribution in [1.29, 1.82) is 0 Å². The minimum Gasteiger partial charge on any atom is -0.400 e. The van der Waals surface area contributed by atoms with Crippen LogP contribution in [0.2, 0.25) is 0 Å². The highest BCUT2D eigenvalue weighted by Crippen LogP contribution is 2.68. The number of rotatable bonds is 2. The van der Waals surface area contributed by atoms with E-state index < -0.39 is 0 Å². The van der Waals surface area contributed by atoms with E-state index in [1.165, 1.54) is 51.4 Å². The van der Waals surface area contributed by atoms with Gasteiger partial charge in [-0.3, -0.25) is 0 Å². The van der Waals surface area contributed by atoms with Crippen LogP contribution in [-0.4, -0.2) is 23.4 Å². The van der Waals surface area contributed by atoms with Gasteiger partial charge in [-0.25, -0.2) is 0 Å². The van der Waals surface area contributed by atoms with Crippen LogP contribution < -0.4 is 0 Å². The third kappa shape index (κ3) is 4.59. The molecule has 8 unspecified atom stereocenters. The van der Waals surface area contributed by atoms with E-state index in [1.54, 1.807) is 0 Å². The molecule has 4 rings (SSSR count). The molecule has 0 heterocycles. The van der Waals surface area contributed by atoms with Crippen molar-refractivity contribution in [1.82, 2.24) is 0 Å². The van der Waals surface area contributed by atoms with Crippen molar-refractivity contribution in [2.75, 3.05) is 7.11 Å². The van der Waals surface area contributed by atoms with Crippen molar-refractivity contribution in [2.24, 2.45) is 46.3 Å². The van der Waals surface area contributed by atoms with Crippen molar-refractivity contribution >= 4 is 0 Å². The van der Waals surface area contributed by atoms with Gasteiger partial charge >= 0.3 is 0 Å². The molecule has 2 nitrogen and oxygen atoms in total. The predicted octanol–water partition coefficient (Wildman–Crippen LogP) is 7.32. The van der Waals surface area contributed by atoms with Crippen molar-refractivity contribution in [2.45, 2.75) is 119 Å². The molecule has 0 bridgehead atoms. The maximum Gasteiger partial charge on any atom is 0.0543 e. The third-order valence-corrected chi connectivity index (χ3v) is 10.0. The summed E-state index contributed by atoms with van der Waals surface area (Å²) in [5.41, 5.74) is 1.17. The first-order chi connectivity index (χ1) is 13.4. The molecule has 2 heteroatoms. The average Bonchev–Trinajstić information content (AvgIpc) is 3.08. The summed E-state index contributed by atoms with van der Waals surface area (Å²) in [5.74, 6) is 5.64. The second kappa shape index (κ2) is 11.0. The topological polar surface area (TPSA) is 40.5 Å². The van der Waals surface area contributed by atoms with E-state index in [1.807, 2.05) is 13.8 Å². The van der Waals surface area contributed by atoms with Crippen LogP contribution >= 0.6 is 0 Å². The minimum absolute atomic E-state index is 0. The van der Waals surface area contributed by atoms with Gasteiger partial charge in [0, 0.05) is 7.11 Å². The van der Waals surface area contributed by atoms with Crippen LogP contribution in [-0.2, 0) is 0 Å². The molecule has 0 amide bonds. The van der Waals surface area contributed by atoms with Gasteiger partial charge in [0.2, 0.25) is 0 Å². The lowest BCUT2D eigenvalue weighted by molar-refractivity contribution is -0.129. The Morgan fingerprint density at radius 1 is 0.862 bits per heavy atom. The zero-order valence-corrected chi connectivity index (χ0v) is 20.0. The minimum atomic E-state index is -0.00486. The Kier molecular flexibility index (Phi) is 10.2. The molecule has 0 radical (unpaired) electrons. The van der Waals surface area contributed by atoms with E-state index in [-0.39, 0.29) is 13.5 Å². The zero-order valence-electron chi connectivity index (χ0n) is 20.0. The fraction of sp³-hybridized carbons (Fsp3) is 1.00. The summed E-state index contributed by atoms with van der Waals surface area (Å²) in [4.78, 5) is 0. The van der Waals surface area contributed by atoms with Gasteiger partial charge in [0.15, 0.2) is 0 Å². The molecule has 29 heavy (non-hydrogen) atoms. The number of hydrogen-bond donors (Lipinski definition) is 2. The molecule has 9 atom stereocenters. The van der Waals surface area contributed by atoms with Crippen LogP contribution in [0.4, 0.5) is 0 Å². The van der Waals surface area contributed by atoms with Crippen LogP contribution in [0.15, 0.2) is 0 Å². The van der Waals surface area contributed by atoms with Crippen molar-refractivity contribution in [3.8, 4) is 0 Å². The Morgan fingerprint density at radius 2 is 1.45 bits per heavy atom. The first-order valence-corrected chi connectivity index (χ1v) is 12.5. The highest BCUT2D eigenvalue weighted by atomic mass is 16.3. The highest BCUT2D eigenvalue weighted by molar-refractivity contribution is 5.09. The second-order valence-corrected chi connectivity index (χ2v) is 10.7. The lowest BCUT2D eigenvalue weighted by atomic mass is 9.44. The average molecular weight is 411 g/mol. The molecule has 2 N–H and O–H groups in total. The monoisotopic (exact) mass is 410 g/mol. The Balaban J connectivity index is 0.000000794. The predicted molar refractivity (Wildman–Crippen MR) is 127 cm³/mol. The van der Waals surface area contributed by atoms with Gasteiger partial charge in [0.1, 0.15) is 0 Å². The molecule has 0 aromatic carbocycles. The van der Waals surface area contributed by atoms with Crippen LogP contribution in [0.5, 0.6) is 0 Å². The van der Waals surface area contributed by atoms with E-state index >= 15 is 0 Å². The molecule has 4 aliphatic rings. The molecule has 4 aliphatic carbocycles. The SMILES string of the molecule is C.CC.CC[C@@H](C)C1CCC2C3CCC4CC(O)CCC4(C)C3CCC21C.CO. The van der Waals surface area contributed by atoms with Gasteiger partial charge < -0.3 is 10.2 Å². The molecular weight excluding hydrogens is 356 g/mol. The van der Waals surface area contributed by atoms with Crippen molar-refractivity contribution in [3.63, 3.8) is 0 Å². The summed E-state index contributed by atoms with van der Waals surface area (Å²) in [6, 6.07) is 0. The molecule has 0 aromatic heterocycles. The van der Waals surface area contributed by atoms with Crippen LogP contribution in [0.25, 0.3) is 0 Å². The maximum atomic E-state index is 10.2. The first kappa shape index (κ1) is 27.0. The number of fused-ring (bicyclic) bond motifs is 5. The van der Waals surface area contributed by atoms with Gasteiger partial charge in [-0.05, 0) is 104 Å². The smallest absolute Gasteiger partial charge is 0.0543 e. The van der Waals surface area contributed by atoms with Crippen molar-refractivity contribution in [3.05, 3.63) is 0 Å². The summed E-state index contributed by atoms with van der Waals surface area (Å²) in [7, 11) is 1.00. The Bertz CT molecular complexity index is 477. The van der Waals surface area contributed by atoms with Crippen molar-refractivity contribution < 1.29 is 10.2 Å². The summed E-state index contributed by atoms with van der Waals surface area (Å²) < 4.78 is 0. The fourth-order valence-electron chi connectivity index (χ4n) is 8.50. The first-order valence-electron chi connectivity index (χ1n) is 12.5. The van der Waals surface area contributed by atoms with Gasteiger partial charge in [0.25, 0.3) is 0 Å². The molecule has 0 aromatic rings. The standard InChI is InChI=1S/C23H40O.C2H6.CH4O.CH4/c1-5-15(2)19-8-9-20-18-7-6-16-14-17(24)10-12-22(16,3)21(18)11-13-23(19,20)4;2*1-2;/h15-21,24H,5-14H2,1-4H3;1-2H3;2H,1H3;1H4/t15-,16?,17?,18?,19?,20?,21?,22?,23?;;;/m1.../s1. The fourth-order valence-corrected chi connectivity index (χ4v) is 8.50. The second-order valence-electron chi connectivity index (χ2n) is 10.7. The lowest BCUT2D eigenvalue weighted by Gasteiger charge is -2.61. The summed E-state index contributed by atoms with van der Waals surface area (Å²) >= 11 is 0. The van der Waals surface area contributed by atoms with E-state index in [2.05, 4.69) is 27.7 Å². The number of aliphatic hydroxyl groups excluding tert-OH is 2. The molecule has 4 saturated carbocycles. The molecule has 4 fully saturated rings. The number of aliphatic hydroxyl groups is 2. The van der Waals surface area contributed by atoms with E-state index in [9.17, 15) is 5.11 Å². The summed E-state index contributed by atoms with van der Waals surface area (Å²) in [5, 5.41) is 17.2. The third-order valence-electron chi connectivity index (χ3n) is 10.0. The summed E-state index contributed by atoms with van der Waals surface area (Å²) in [6.07, 6.45) is 13.6. The maximum absolute atomic E-state index is 10.2. The quantitative estimate of drug-likeness (QED) is 0.500. The van der Waals surface area contributed by atoms with E-state index in [4.69, 9.17) is 5.11 Å². The summed E-state index contributed by atoms with van der Waals surface area (Å²) in [6.45, 7) is 14.2. The van der Waals surface area contributed by atoms with Crippen LogP contribution in [0.3, 0.4) is 0 Å². The molecule has 174 valence electrons. The van der Waals surface area contributed by atoms with Gasteiger partial charge in [-0.2, -0.15) is 0 Å². The Hall–Kier alpha value is -0.0800. The Labute approximate surface area is 183 Å². The van der Waals surface area contributed by atoms with Crippen LogP contribution in [0.1, 0.15) is 113 Å². The molecule has 0 saturated heterocycles. The molecule has 0 spiro atoms. The zero-order chi connectivity index (χ0) is 21.1. The largest absolute Gasteiger partial charge is 0.400 e. The number of hydrogen-bond acceptors (Lipinski definition) is 2. The van der Waals surface area contributed by atoms with Crippen LogP contribution in [0, 0.1) is 46.3 Å². The Morgan fingerprint density at radius 3 is 2.07 bits per heavy atom. The van der Waals surface area contributed by atoms with Gasteiger partial charge in [-0.15, -0.1) is 0 Å². The van der Waals surface area contributed by atoms with Gasteiger partial charge in [-0.1, -0.05) is 55.4 Å². The van der Waals surface area contributed by atoms with E-state index in [0.29, 0.717) is 10.8 Å². The highest BCUT2D eigenvalue weighted by Gasteiger charge is 2.60. The lowest BCUT2D eigenvalue weighted by Crippen LogP contribution is -2.54. The molecule has 0 aliphatic heterocycles. The van der Waals surface area contributed by atoms with Gasteiger partial charge in [0.05, 0.1) is 6.10 Å². The normalized spacial score (nSPS) is 46.2.